The molecule has 1 saturated heterocycles. The molecule has 5 N–H and O–H groups in total. The third-order valence-corrected chi connectivity index (χ3v) is 6.75. The number of carbonyl (C=O) groups excluding carboxylic acids is 2. The van der Waals surface area contributed by atoms with E-state index in [1.54, 1.807) is 44.2 Å². The number of nitrogens with two attached hydrogens (primary N) is 1. The van der Waals surface area contributed by atoms with Crippen LogP contribution in [0.3, 0.4) is 0 Å². The molecule has 1 unspecified atom stereocenters. The van der Waals surface area contributed by atoms with Gasteiger partial charge in [-0.15, -0.1) is 0 Å². The van der Waals surface area contributed by atoms with Crippen molar-refractivity contribution < 1.29 is 47.5 Å². The molecule has 2 rings (SSSR count). The van der Waals surface area contributed by atoms with Crippen LogP contribution in [-0.4, -0.2) is 76.7 Å². The summed E-state index contributed by atoms with van der Waals surface area (Å²) in [4.78, 5) is 23.4. The number of hydrogen-bond donors (Lipinski definition) is 4. The first-order valence-corrected chi connectivity index (χ1v) is 13.1. The lowest BCUT2D eigenvalue weighted by atomic mass is 10.1. The number of ether oxygens (including phenoxy) is 2. The number of rotatable bonds is 13. The van der Waals surface area contributed by atoms with Gasteiger partial charge in [-0.2, -0.15) is 9.66 Å². The Morgan fingerprint density at radius 3 is 2.49 bits per heavy atom. The topological polar surface area (TPSA) is 170 Å². The molecule has 204 valence electrons. The predicted molar refractivity (Wildman–Crippen MR) is 135 cm³/mol. The number of primary amides is 1. The minimum absolute atomic E-state index is 0.210. The van der Waals surface area contributed by atoms with Gasteiger partial charge >= 0.3 is 13.7 Å². The summed E-state index contributed by atoms with van der Waals surface area (Å²) in [6.07, 6.45) is -1.04. The molecule has 13 heteroatoms. The number of nitrogens with one attached hydrogen (secondary N) is 1. The molecule has 1 fully saturated rings. The summed E-state index contributed by atoms with van der Waals surface area (Å²) >= 11 is 0. The summed E-state index contributed by atoms with van der Waals surface area (Å²) in [5.41, 5.74) is 5.48. The molecule has 12 nitrogen and oxygen atoms in total. The molecule has 1 aromatic carbocycles. The van der Waals surface area contributed by atoms with E-state index in [9.17, 15) is 24.4 Å². The molecule has 0 aliphatic carbocycles. The van der Waals surface area contributed by atoms with E-state index < -0.39 is 56.8 Å². The van der Waals surface area contributed by atoms with Gasteiger partial charge in [-0.05, 0) is 45.9 Å². The zero-order valence-electron chi connectivity index (χ0n) is 21.2. The maximum absolute atomic E-state index is 13.6. The zero-order chi connectivity index (χ0) is 27.8. The van der Waals surface area contributed by atoms with Crippen molar-refractivity contribution in [3.63, 3.8) is 0 Å². The Bertz CT molecular complexity index is 1060. The minimum atomic E-state index is -4.19. The summed E-state index contributed by atoms with van der Waals surface area (Å²) in [5.74, 6) is -1.04. The van der Waals surface area contributed by atoms with Crippen molar-refractivity contribution in [1.82, 2.24) is 5.09 Å². The van der Waals surface area contributed by atoms with E-state index in [4.69, 9.17) is 24.3 Å². The zero-order valence-corrected chi connectivity index (χ0v) is 22.1. The molecule has 0 spiro atoms. The summed E-state index contributed by atoms with van der Waals surface area (Å²) in [6, 6.07) is 7.12. The molecule has 1 aliphatic rings. The molecule has 0 aromatic heterocycles. The fraction of sp³-hybridized carbons (Fsp3) is 0.458. The van der Waals surface area contributed by atoms with Crippen molar-refractivity contribution in [3.8, 4) is 5.75 Å². The van der Waals surface area contributed by atoms with Gasteiger partial charge < -0.3 is 29.9 Å². The summed E-state index contributed by atoms with van der Waals surface area (Å²) < 4.78 is 36.7. The molecule has 1 heterocycles. The van der Waals surface area contributed by atoms with Crippen molar-refractivity contribution in [2.45, 2.75) is 64.4 Å². The Morgan fingerprint density at radius 2 is 1.89 bits per heavy atom. The number of carbonyl (C=O) groups is 2. The van der Waals surface area contributed by atoms with Gasteiger partial charge in [0.25, 0.3) is 6.23 Å². The Balaban J connectivity index is 2.12. The van der Waals surface area contributed by atoms with Crippen molar-refractivity contribution in [2.24, 2.45) is 5.73 Å². The van der Waals surface area contributed by atoms with Gasteiger partial charge in [0.15, 0.2) is 12.3 Å². The number of nitrogens with zero attached hydrogens (tertiary/aromatic N) is 1. The Hall–Kier alpha value is -2.86. The molecule has 0 saturated carbocycles. The third-order valence-electron chi connectivity index (χ3n) is 5.11. The van der Waals surface area contributed by atoms with Gasteiger partial charge in [-0.3, -0.25) is 14.1 Å². The van der Waals surface area contributed by atoms with E-state index in [0.29, 0.717) is 5.57 Å². The van der Waals surface area contributed by atoms with Gasteiger partial charge in [0.1, 0.15) is 30.7 Å². The average molecular weight is 541 g/mol. The van der Waals surface area contributed by atoms with E-state index in [0.717, 1.165) is 0 Å². The van der Waals surface area contributed by atoms with E-state index in [2.05, 4.69) is 11.8 Å². The van der Waals surface area contributed by atoms with Crippen LogP contribution >= 0.6 is 7.75 Å². The Kier molecular flexibility index (Phi) is 11.2. The first-order valence-electron chi connectivity index (χ1n) is 11.6. The van der Waals surface area contributed by atoms with Gasteiger partial charge in [-0.1, -0.05) is 18.2 Å². The molecule has 6 atom stereocenters. The van der Waals surface area contributed by atoms with Crippen molar-refractivity contribution in [2.75, 3.05) is 6.61 Å². The molecule has 0 bridgehead atoms. The first-order chi connectivity index (χ1) is 17.3. The minimum Gasteiger partial charge on any atom is -0.462 e. The van der Waals surface area contributed by atoms with Crippen LogP contribution in [0.4, 0.5) is 0 Å². The lowest BCUT2D eigenvalue weighted by molar-refractivity contribution is -0.555. The van der Waals surface area contributed by atoms with Crippen molar-refractivity contribution in [3.05, 3.63) is 54.3 Å². The average Bonchev–Trinajstić information content (AvgIpc) is 3.11. The van der Waals surface area contributed by atoms with Crippen LogP contribution in [0.25, 0.3) is 0 Å². The van der Waals surface area contributed by atoms with Crippen molar-refractivity contribution in [1.29, 1.82) is 0 Å². The number of aliphatic hydroxyl groups excluding tert-OH is 2. The number of aliphatic hydroxyl groups is 2. The summed E-state index contributed by atoms with van der Waals surface area (Å²) in [5, 5.41) is 23.5. The third kappa shape index (κ3) is 9.19. The van der Waals surface area contributed by atoms with Gasteiger partial charge in [0, 0.05) is 11.6 Å². The monoisotopic (exact) mass is 540 g/mol. The SMILES string of the molecule is C=[N+](/C=C\C=C(/C)C(N)=O)[C@@H]1O[C@H](COP(=O)(N[C@@H](C)C(=O)OC(C)C)Oc2ccccc2)[C@@H](O)[C@H]1O. The predicted octanol–water partition coefficient (Wildman–Crippen LogP) is 1.22. The Labute approximate surface area is 215 Å². The van der Waals surface area contributed by atoms with E-state index >= 15 is 0 Å². The largest absolute Gasteiger partial charge is 0.462 e. The quantitative estimate of drug-likeness (QED) is 0.0713. The molecule has 37 heavy (non-hydrogen) atoms. The maximum atomic E-state index is 13.6. The second-order valence-electron chi connectivity index (χ2n) is 8.65. The molecular weight excluding hydrogens is 505 g/mol. The lowest BCUT2D eigenvalue weighted by Crippen LogP contribution is -2.38. The van der Waals surface area contributed by atoms with Crippen molar-refractivity contribution >= 4 is 26.3 Å². The standard InChI is InChI=1S/C24H34N3O9P/c1-15(2)34-24(31)17(4)26-37(32,36-18-11-7-6-8-12-18)33-14-19-20(28)21(29)23(35-19)27(5)13-9-10-16(3)22(25)30/h6-13,15,17,19-21,23,28-29H,5,14H2,1-4H3,(H2-,25,26,30,32)/p+1/b13-9-,16-10+/t17-,19+,20+,21+,23+,37?/m0/s1. The first kappa shape index (κ1) is 30.4. The second kappa shape index (κ2) is 13.6. The highest BCUT2D eigenvalue weighted by Crippen LogP contribution is 2.45. The van der Waals surface area contributed by atoms with Crippen LogP contribution in [0.5, 0.6) is 5.75 Å². The second-order valence-corrected chi connectivity index (χ2v) is 10.3. The van der Waals surface area contributed by atoms with Crippen LogP contribution in [0.15, 0.2) is 54.3 Å². The maximum Gasteiger partial charge on any atom is 0.459 e. The fourth-order valence-corrected chi connectivity index (χ4v) is 4.61. The van der Waals surface area contributed by atoms with E-state index in [-0.39, 0.29) is 11.9 Å². The lowest BCUT2D eigenvalue weighted by Gasteiger charge is -2.24. The van der Waals surface area contributed by atoms with Crippen LogP contribution in [0.2, 0.25) is 0 Å². The highest BCUT2D eigenvalue weighted by Gasteiger charge is 2.49. The number of allylic oxidation sites excluding steroid dienone is 2. The van der Waals surface area contributed by atoms with Gasteiger partial charge in [-0.25, -0.2) is 4.57 Å². The number of para-hydroxylation sites is 1. The molecule has 1 aromatic rings. The fourth-order valence-electron chi connectivity index (χ4n) is 3.11. The number of esters is 1. The highest BCUT2D eigenvalue weighted by molar-refractivity contribution is 7.52. The number of benzene rings is 1. The van der Waals surface area contributed by atoms with Crippen LogP contribution < -0.4 is 15.3 Å². The number of hydrogen-bond acceptors (Lipinski definition) is 9. The smallest absolute Gasteiger partial charge is 0.459 e. The Morgan fingerprint density at radius 1 is 1.24 bits per heavy atom. The summed E-state index contributed by atoms with van der Waals surface area (Å²) in [6.45, 7) is 9.62. The number of amides is 1. The van der Waals surface area contributed by atoms with E-state index in [1.165, 1.54) is 36.8 Å². The molecule has 0 radical (unpaired) electrons. The van der Waals surface area contributed by atoms with E-state index in [1.807, 2.05) is 0 Å². The van der Waals surface area contributed by atoms with Crippen LogP contribution in [0.1, 0.15) is 27.7 Å². The van der Waals surface area contributed by atoms with Crippen LogP contribution in [-0.2, 0) is 28.2 Å². The highest BCUT2D eigenvalue weighted by atomic mass is 31.2. The van der Waals surface area contributed by atoms with Gasteiger partial charge in [0.05, 0.1) is 12.7 Å². The summed E-state index contributed by atoms with van der Waals surface area (Å²) in [7, 11) is -4.19. The van der Waals surface area contributed by atoms with Gasteiger partial charge in [0.2, 0.25) is 5.91 Å². The molecular formula is C24H35N3O9P+. The van der Waals surface area contributed by atoms with Crippen LogP contribution in [0, 0.1) is 0 Å². The normalized spacial score (nSPS) is 24.6. The molecule has 1 amide bonds. The molecule has 1 aliphatic heterocycles.